The van der Waals surface area contributed by atoms with Gasteiger partial charge in [0.05, 0.1) is 6.61 Å². The predicted octanol–water partition coefficient (Wildman–Crippen LogP) is 5.94. The van der Waals surface area contributed by atoms with Crippen LogP contribution >= 0.6 is 0 Å². The highest BCUT2D eigenvalue weighted by Gasteiger charge is 2.20. The quantitative estimate of drug-likeness (QED) is 0.242. The molecule has 0 bridgehead atoms. The van der Waals surface area contributed by atoms with E-state index in [1.807, 2.05) is 36.4 Å². The number of nitrogens with zero attached hydrogens (tertiary/aromatic N) is 1. The highest BCUT2D eigenvalue weighted by atomic mass is 16.5. The molecule has 2 amide bonds. The van der Waals surface area contributed by atoms with E-state index in [9.17, 15) is 4.79 Å². The predicted molar refractivity (Wildman–Crippen MR) is 147 cm³/mol. The van der Waals surface area contributed by atoms with Crippen molar-refractivity contribution in [3.8, 4) is 16.9 Å². The van der Waals surface area contributed by atoms with Gasteiger partial charge in [-0.15, -0.1) is 0 Å². The third kappa shape index (κ3) is 7.18. The Morgan fingerprint density at radius 2 is 1.57 bits per heavy atom. The minimum absolute atomic E-state index is 0.262. The number of amides is 2. The van der Waals surface area contributed by atoms with Gasteiger partial charge in [0, 0.05) is 43.6 Å². The van der Waals surface area contributed by atoms with Crippen molar-refractivity contribution in [2.75, 3.05) is 11.9 Å². The molecule has 0 saturated heterocycles. The highest BCUT2D eigenvalue weighted by molar-refractivity contribution is 5.89. The first-order valence-corrected chi connectivity index (χ1v) is 12.8. The maximum atomic E-state index is 12.2. The molecule has 0 aliphatic heterocycles. The largest absolute Gasteiger partial charge is 0.493 e. The van der Waals surface area contributed by atoms with E-state index in [1.165, 1.54) is 35.1 Å². The summed E-state index contributed by atoms with van der Waals surface area (Å²) in [5.74, 6) is 0.771. The summed E-state index contributed by atoms with van der Waals surface area (Å²) in [6, 6.07) is 28.8. The van der Waals surface area contributed by atoms with Gasteiger partial charge in [-0.1, -0.05) is 54.6 Å². The van der Waals surface area contributed by atoms with Crippen LogP contribution in [0.2, 0.25) is 0 Å². The van der Waals surface area contributed by atoms with E-state index in [1.54, 1.807) is 12.4 Å². The van der Waals surface area contributed by atoms with Crippen LogP contribution in [0.4, 0.5) is 10.5 Å². The van der Waals surface area contributed by atoms with Gasteiger partial charge in [-0.05, 0) is 71.0 Å². The lowest BCUT2D eigenvalue weighted by Crippen LogP contribution is -2.28. The molecule has 4 aromatic rings. The number of urea groups is 1. The van der Waals surface area contributed by atoms with Crippen LogP contribution in [0.3, 0.4) is 0 Å². The maximum absolute atomic E-state index is 12.2. The van der Waals surface area contributed by atoms with Crippen molar-refractivity contribution in [2.45, 2.75) is 38.4 Å². The molecule has 1 aromatic heterocycles. The summed E-state index contributed by atoms with van der Waals surface area (Å²) in [5.41, 5.74) is 6.79. The Morgan fingerprint density at radius 1 is 0.838 bits per heavy atom. The van der Waals surface area contributed by atoms with Crippen molar-refractivity contribution in [1.29, 1.82) is 0 Å². The molecule has 6 heteroatoms. The number of nitrogens with one attached hydrogen (secondary N) is 3. The fourth-order valence-corrected chi connectivity index (χ4v) is 4.25. The van der Waals surface area contributed by atoms with Crippen LogP contribution in [0.5, 0.6) is 5.75 Å². The van der Waals surface area contributed by atoms with Crippen LogP contribution in [0.1, 0.15) is 29.5 Å². The lowest BCUT2D eigenvalue weighted by atomic mass is 9.94. The van der Waals surface area contributed by atoms with Gasteiger partial charge >= 0.3 is 6.03 Å². The normalized spacial score (nSPS) is 12.6. The molecule has 1 saturated carbocycles. The molecular formula is C31H32N4O2. The third-order valence-corrected chi connectivity index (χ3v) is 6.41. The molecule has 0 atom stereocenters. The van der Waals surface area contributed by atoms with E-state index in [2.05, 4.69) is 69.5 Å². The number of rotatable bonds is 11. The lowest BCUT2D eigenvalue weighted by molar-refractivity contribution is 0.251. The first-order valence-electron chi connectivity index (χ1n) is 12.8. The molecule has 0 radical (unpaired) electrons. The molecule has 0 unspecified atom stereocenters. The standard InChI is InChI=1S/C31H32N4O2/c36-31(34-21-23-6-5-18-32-20-23)35-27-13-15-28(16-14-27)37-19-17-24-7-1-3-9-29(24)30-10-4-2-8-25(30)22-33-26-11-12-26/h1-10,13-16,18,20,26,33H,11-12,17,19,21-22H2,(H2,34,35,36). The summed E-state index contributed by atoms with van der Waals surface area (Å²) in [6.07, 6.45) is 6.81. The summed E-state index contributed by atoms with van der Waals surface area (Å²) in [6.45, 7) is 1.88. The number of pyridine rings is 1. The monoisotopic (exact) mass is 492 g/mol. The van der Waals surface area contributed by atoms with Gasteiger partial charge in [-0.2, -0.15) is 0 Å². The van der Waals surface area contributed by atoms with E-state index >= 15 is 0 Å². The Balaban J connectivity index is 1.13. The Morgan fingerprint density at radius 3 is 2.30 bits per heavy atom. The fourth-order valence-electron chi connectivity index (χ4n) is 4.25. The van der Waals surface area contributed by atoms with Gasteiger partial charge in [0.1, 0.15) is 5.75 Å². The minimum Gasteiger partial charge on any atom is -0.493 e. The van der Waals surface area contributed by atoms with Gasteiger partial charge < -0.3 is 20.7 Å². The first-order chi connectivity index (χ1) is 18.2. The van der Waals surface area contributed by atoms with Crippen LogP contribution in [-0.4, -0.2) is 23.7 Å². The average molecular weight is 493 g/mol. The molecule has 1 fully saturated rings. The second kappa shape index (κ2) is 12.2. The Kier molecular flexibility index (Phi) is 8.08. The van der Waals surface area contributed by atoms with Gasteiger partial charge in [-0.25, -0.2) is 4.79 Å². The fraction of sp³-hybridized carbons (Fsp3) is 0.226. The molecule has 0 spiro atoms. The summed E-state index contributed by atoms with van der Waals surface area (Å²) in [5, 5.41) is 9.31. The van der Waals surface area contributed by atoms with E-state index in [0.29, 0.717) is 24.9 Å². The van der Waals surface area contributed by atoms with Gasteiger partial charge in [0.25, 0.3) is 0 Å². The van der Waals surface area contributed by atoms with Crippen molar-refractivity contribution in [2.24, 2.45) is 0 Å². The molecule has 6 nitrogen and oxygen atoms in total. The number of hydrogen-bond acceptors (Lipinski definition) is 4. The van der Waals surface area contributed by atoms with Crippen molar-refractivity contribution in [3.63, 3.8) is 0 Å². The number of aromatic nitrogens is 1. The Labute approximate surface area is 218 Å². The lowest BCUT2D eigenvalue weighted by Gasteiger charge is -2.15. The molecule has 3 N–H and O–H groups in total. The van der Waals surface area contributed by atoms with Gasteiger partial charge in [-0.3, -0.25) is 4.98 Å². The summed E-state index contributed by atoms with van der Waals surface area (Å²) in [7, 11) is 0. The van der Waals surface area contributed by atoms with E-state index in [0.717, 1.165) is 24.3 Å². The Hall–Kier alpha value is -4.16. The van der Waals surface area contributed by atoms with Crippen LogP contribution in [0, 0.1) is 0 Å². The van der Waals surface area contributed by atoms with E-state index in [4.69, 9.17) is 4.74 Å². The average Bonchev–Trinajstić information content (AvgIpc) is 3.78. The summed E-state index contributed by atoms with van der Waals surface area (Å²) >= 11 is 0. The molecule has 1 aliphatic carbocycles. The number of ether oxygens (including phenoxy) is 1. The first kappa shape index (κ1) is 24.5. The number of hydrogen-bond donors (Lipinski definition) is 3. The topological polar surface area (TPSA) is 75.3 Å². The number of carbonyl (C=O) groups excluding carboxylic acids is 1. The van der Waals surface area contributed by atoms with Crippen molar-refractivity contribution in [3.05, 3.63) is 114 Å². The zero-order valence-electron chi connectivity index (χ0n) is 20.8. The van der Waals surface area contributed by atoms with E-state index in [-0.39, 0.29) is 6.03 Å². The molecule has 3 aromatic carbocycles. The molecular weight excluding hydrogens is 460 g/mol. The van der Waals surface area contributed by atoms with Gasteiger partial charge in [0.15, 0.2) is 0 Å². The van der Waals surface area contributed by atoms with Crippen molar-refractivity contribution >= 4 is 11.7 Å². The van der Waals surface area contributed by atoms with Gasteiger partial charge in [0.2, 0.25) is 0 Å². The molecule has 5 rings (SSSR count). The molecule has 1 aliphatic rings. The Bertz CT molecular complexity index is 1300. The smallest absolute Gasteiger partial charge is 0.319 e. The number of anilines is 1. The van der Waals surface area contributed by atoms with Crippen LogP contribution in [-0.2, 0) is 19.5 Å². The zero-order chi connectivity index (χ0) is 25.3. The number of carbonyl (C=O) groups is 1. The number of benzene rings is 3. The SMILES string of the molecule is O=C(NCc1cccnc1)Nc1ccc(OCCc2ccccc2-c2ccccc2CNC2CC2)cc1. The van der Waals surface area contributed by atoms with Crippen molar-refractivity contribution in [1.82, 2.24) is 15.6 Å². The van der Waals surface area contributed by atoms with Crippen LogP contribution in [0.25, 0.3) is 11.1 Å². The van der Waals surface area contributed by atoms with E-state index < -0.39 is 0 Å². The summed E-state index contributed by atoms with van der Waals surface area (Å²) in [4.78, 5) is 16.2. The zero-order valence-corrected chi connectivity index (χ0v) is 20.8. The second-order valence-electron chi connectivity index (χ2n) is 9.26. The third-order valence-electron chi connectivity index (χ3n) is 6.41. The summed E-state index contributed by atoms with van der Waals surface area (Å²) < 4.78 is 6.04. The van der Waals surface area contributed by atoms with Crippen LogP contribution < -0.4 is 20.7 Å². The minimum atomic E-state index is -0.262. The molecule has 1 heterocycles. The second-order valence-corrected chi connectivity index (χ2v) is 9.26. The molecule has 188 valence electrons. The maximum Gasteiger partial charge on any atom is 0.319 e. The highest BCUT2D eigenvalue weighted by Crippen LogP contribution is 2.29. The van der Waals surface area contributed by atoms with Crippen LogP contribution in [0.15, 0.2) is 97.3 Å². The van der Waals surface area contributed by atoms with Crippen molar-refractivity contribution < 1.29 is 9.53 Å². The molecule has 37 heavy (non-hydrogen) atoms.